The quantitative estimate of drug-likeness (QED) is 0.267. The number of hydrogen-bond acceptors (Lipinski definition) is 4. The van der Waals surface area contributed by atoms with E-state index in [-0.39, 0.29) is 11.0 Å². The number of carbonyl (C=O) groups is 2. The highest BCUT2D eigenvalue weighted by Crippen LogP contribution is 2.33. The van der Waals surface area contributed by atoms with Crippen LogP contribution in [0.15, 0.2) is 45.4 Å². The number of hydrogen-bond donors (Lipinski definition) is 3. The minimum absolute atomic E-state index is 0.0657. The van der Waals surface area contributed by atoms with Gasteiger partial charge < -0.3 is 15.4 Å². The largest absolute Gasteiger partial charge is 0.495 e. The fraction of sp³-hybridized carbons (Fsp3) is 0.190. The topological polar surface area (TPSA) is 79.5 Å². The molecule has 0 bridgehead atoms. The zero-order valence-corrected chi connectivity index (χ0v) is 21.5. The molecule has 2 aromatic rings. The van der Waals surface area contributed by atoms with E-state index in [1.54, 1.807) is 31.4 Å². The second-order valence-electron chi connectivity index (χ2n) is 6.28. The van der Waals surface area contributed by atoms with Crippen LogP contribution in [0.4, 0.5) is 11.4 Å². The average molecular weight is 590 g/mol. The number of carbonyl (C=O) groups excluding carboxylic acids is 2. The summed E-state index contributed by atoms with van der Waals surface area (Å²) in [5, 5.41) is 8.67. The lowest BCUT2D eigenvalue weighted by Crippen LogP contribution is -2.32. The van der Waals surface area contributed by atoms with E-state index in [4.69, 9.17) is 28.6 Å². The van der Waals surface area contributed by atoms with Crippen LogP contribution in [0, 0.1) is 0 Å². The van der Waals surface area contributed by atoms with Crippen LogP contribution in [0.5, 0.6) is 5.75 Å². The minimum atomic E-state index is -0.431. The van der Waals surface area contributed by atoms with Gasteiger partial charge >= 0.3 is 0 Å². The van der Waals surface area contributed by atoms with E-state index in [1.807, 2.05) is 19.1 Å². The summed E-state index contributed by atoms with van der Waals surface area (Å²) in [5.74, 6) is 0.0762. The van der Waals surface area contributed by atoms with Crippen molar-refractivity contribution >= 4 is 90.1 Å². The fourth-order valence-electron chi connectivity index (χ4n) is 2.54. The van der Waals surface area contributed by atoms with Gasteiger partial charge in [0.2, 0.25) is 11.8 Å². The van der Waals surface area contributed by atoms with E-state index < -0.39 is 5.91 Å². The Balaban J connectivity index is 2.04. The minimum Gasteiger partial charge on any atom is -0.495 e. The van der Waals surface area contributed by atoms with Crippen molar-refractivity contribution in [3.8, 4) is 5.75 Å². The van der Waals surface area contributed by atoms with Gasteiger partial charge in [-0.1, -0.05) is 34.5 Å². The van der Waals surface area contributed by atoms with Crippen molar-refractivity contribution in [3.63, 3.8) is 0 Å². The molecule has 0 aliphatic heterocycles. The van der Waals surface area contributed by atoms with Crippen molar-refractivity contribution in [3.05, 3.63) is 55.9 Å². The standard InChI is InChI=1S/C21H20Br2ClN3O3S/c1-3-4-18(28)25-14-6-7-16(24)17(11-14)26-21(31)27-19(29)8-5-12-9-13(22)10-15(23)20(12)30-2/h5-11H,3-4H2,1-2H3,(H,25,28)(H2,26,27,29,31)/b8-5+. The highest BCUT2D eigenvalue weighted by Gasteiger charge is 2.10. The van der Waals surface area contributed by atoms with Crippen LogP contribution in [0.3, 0.4) is 0 Å². The smallest absolute Gasteiger partial charge is 0.250 e. The van der Waals surface area contributed by atoms with Crippen molar-refractivity contribution in [1.29, 1.82) is 0 Å². The van der Waals surface area contributed by atoms with Gasteiger partial charge in [0, 0.05) is 28.2 Å². The number of thiocarbonyl (C=S) groups is 1. The van der Waals surface area contributed by atoms with Crippen LogP contribution < -0.4 is 20.7 Å². The molecule has 0 spiro atoms. The molecule has 164 valence electrons. The Kier molecular flexibility index (Phi) is 9.95. The Labute approximate surface area is 208 Å². The molecule has 2 aromatic carbocycles. The molecule has 0 atom stereocenters. The molecule has 0 aliphatic rings. The third kappa shape index (κ3) is 7.92. The molecule has 0 aromatic heterocycles. The molecule has 2 rings (SSSR count). The zero-order chi connectivity index (χ0) is 23.0. The molecule has 3 N–H and O–H groups in total. The van der Waals surface area contributed by atoms with E-state index in [1.165, 1.54) is 6.08 Å². The maximum atomic E-state index is 12.3. The Morgan fingerprint density at radius 3 is 2.61 bits per heavy atom. The summed E-state index contributed by atoms with van der Waals surface area (Å²) < 4.78 is 6.94. The van der Waals surface area contributed by atoms with Crippen LogP contribution in [-0.4, -0.2) is 24.0 Å². The lowest BCUT2D eigenvalue weighted by atomic mass is 10.2. The van der Waals surface area contributed by atoms with Crippen molar-refractivity contribution in [1.82, 2.24) is 5.32 Å². The van der Waals surface area contributed by atoms with Gasteiger partial charge in [-0.15, -0.1) is 0 Å². The number of ether oxygens (including phenoxy) is 1. The number of nitrogens with one attached hydrogen (secondary N) is 3. The first-order valence-corrected chi connectivity index (χ1v) is 11.5. The Morgan fingerprint density at radius 1 is 1.19 bits per heavy atom. The van der Waals surface area contributed by atoms with Gasteiger partial charge in [-0.25, -0.2) is 0 Å². The van der Waals surface area contributed by atoms with Crippen LogP contribution >= 0.6 is 55.7 Å². The van der Waals surface area contributed by atoms with Gasteiger partial charge in [-0.2, -0.15) is 0 Å². The number of methoxy groups -OCH3 is 1. The molecule has 0 saturated carbocycles. The first-order chi connectivity index (χ1) is 14.7. The van der Waals surface area contributed by atoms with Crippen molar-refractivity contribution < 1.29 is 14.3 Å². The van der Waals surface area contributed by atoms with Gasteiger partial charge in [0.1, 0.15) is 5.75 Å². The number of anilines is 2. The molecule has 0 radical (unpaired) electrons. The number of rotatable bonds is 7. The van der Waals surface area contributed by atoms with Gasteiger partial charge in [0.25, 0.3) is 0 Å². The molecule has 31 heavy (non-hydrogen) atoms. The van der Waals surface area contributed by atoms with Crippen molar-refractivity contribution in [2.45, 2.75) is 19.8 Å². The summed E-state index contributed by atoms with van der Waals surface area (Å²) in [6.45, 7) is 1.93. The Bertz CT molecular complexity index is 1030. The SMILES string of the molecule is CCCC(=O)Nc1ccc(Cl)c(NC(=S)NC(=O)/C=C/c2cc(Br)cc(Br)c2OC)c1. The molecular formula is C21H20Br2ClN3O3S. The third-order valence-corrected chi connectivity index (χ3v) is 5.45. The third-order valence-electron chi connectivity index (χ3n) is 3.87. The molecule has 10 heteroatoms. The Morgan fingerprint density at radius 2 is 1.94 bits per heavy atom. The highest BCUT2D eigenvalue weighted by molar-refractivity contribution is 9.11. The second-order valence-corrected chi connectivity index (χ2v) is 8.87. The number of benzene rings is 2. The van der Waals surface area contributed by atoms with Crippen LogP contribution in [-0.2, 0) is 9.59 Å². The van der Waals surface area contributed by atoms with Crippen molar-refractivity contribution in [2.24, 2.45) is 0 Å². The highest BCUT2D eigenvalue weighted by atomic mass is 79.9. The van der Waals surface area contributed by atoms with E-state index in [2.05, 4.69) is 47.8 Å². The van der Waals surface area contributed by atoms with Crippen molar-refractivity contribution in [2.75, 3.05) is 17.7 Å². The maximum Gasteiger partial charge on any atom is 0.250 e. The molecule has 0 unspecified atom stereocenters. The van der Waals surface area contributed by atoms with Crippen LogP contribution in [0.2, 0.25) is 5.02 Å². The summed E-state index contributed by atoms with van der Waals surface area (Å²) >= 11 is 18.2. The van der Waals surface area contributed by atoms with E-state index in [9.17, 15) is 9.59 Å². The summed E-state index contributed by atoms with van der Waals surface area (Å²) in [4.78, 5) is 24.1. The summed E-state index contributed by atoms with van der Waals surface area (Å²) in [6, 6.07) is 8.64. The normalized spacial score (nSPS) is 10.6. The fourth-order valence-corrected chi connectivity index (χ4v) is 4.34. The first kappa shape index (κ1) is 25.3. The number of halogens is 3. The summed E-state index contributed by atoms with van der Waals surface area (Å²) in [7, 11) is 1.55. The van der Waals surface area contributed by atoms with Gasteiger partial charge in [-0.3, -0.25) is 14.9 Å². The number of amides is 2. The van der Waals surface area contributed by atoms with Gasteiger partial charge in [0.05, 0.1) is 22.3 Å². The van der Waals surface area contributed by atoms with E-state index in [0.717, 1.165) is 15.4 Å². The Hall–Kier alpha value is -1.94. The maximum absolute atomic E-state index is 12.3. The van der Waals surface area contributed by atoms with Gasteiger partial charge in [-0.05, 0) is 71.0 Å². The summed E-state index contributed by atoms with van der Waals surface area (Å²) in [6.07, 6.45) is 4.12. The van der Waals surface area contributed by atoms with Gasteiger partial charge in [0.15, 0.2) is 5.11 Å². The second kappa shape index (κ2) is 12.2. The lowest BCUT2D eigenvalue weighted by molar-refractivity contribution is -0.116. The first-order valence-electron chi connectivity index (χ1n) is 9.16. The molecule has 0 aliphatic carbocycles. The average Bonchev–Trinajstić information content (AvgIpc) is 2.68. The van der Waals surface area contributed by atoms with Crippen LogP contribution in [0.1, 0.15) is 25.3 Å². The molecule has 6 nitrogen and oxygen atoms in total. The predicted octanol–water partition coefficient (Wildman–Crippen LogP) is 6.14. The molecule has 2 amide bonds. The molecule has 0 heterocycles. The van der Waals surface area contributed by atoms with Crippen LogP contribution in [0.25, 0.3) is 6.08 Å². The predicted molar refractivity (Wildman–Crippen MR) is 137 cm³/mol. The zero-order valence-electron chi connectivity index (χ0n) is 16.7. The van der Waals surface area contributed by atoms with E-state index in [0.29, 0.717) is 34.1 Å². The molecule has 0 saturated heterocycles. The summed E-state index contributed by atoms with van der Waals surface area (Å²) in [5.41, 5.74) is 1.74. The molecule has 0 fully saturated rings. The monoisotopic (exact) mass is 587 g/mol. The van der Waals surface area contributed by atoms with E-state index >= 15 is 0 Å². The molecular weight excluding hydrogens is 570 g/mol. The lowest BCUT2D eigenvalue weighted by Gasteiger charge is -2.12.